The van der Waals surface area contributed by atoms with E-state index in [1.807, 2.05) is 91.8 Å². The Balaban J connectivity index is 1.25. The number of hydrogen-bond acceptors (Lipinski definition) is 6. The second-order valence-electron chi connectivity index (χ2n) is 13.2. The van der Waals surface area contributed by atoms with E-state index in [0.29, 0.717) is 0 Å². The van der Waals surface area contributed by atoms with Crippen molar-refractivity contribution < 1.29 is 0 Å². The maximum Gasteiger partial charge on any atom is 0.0716 e. The summed E-state index contributed by atoms with van der Waals surface area (Å²) in [5.74, 6) is 0. The fourth-order valence-electron chi connectivity index (χ4n) is 7.35. The van der Waals surface area contributed by atoms with E-state index in [1.165, 1.54) is 0 Å². The normalized spacial score (nSPS) is 11.3. The minimum atomic E-state index is 0.855. The number of nitrogens with zero attached hydrogens (tertiary/aromatic N) is 6. The van der Waals surface area contributed by atoms with Crippen molar-refractivity contribution >= 4 is 32.7 Å². The third-order valence-electron chi connectivity index (χ3n) is 9.94. The number of rotatable bonds is 6. The van der Waals surface area contributed by atoms with Gasteiger partial charge in [-0.15, -0.1) is 0 Å². The summed E-state index contributed by atoms with van der Waals surface area (Å²) in [5.41, 5.74) is 14.7. The second kappa shape index (κ2) is 13.3. The first-order chi connectivity index (χ1) is 26.7. The average molecular weight is 691 g/mol. The van der Waals surface area contributed by atoms with Gasteiger partial charge in [-0.2, -0.15) is 0 Å². The molecule has 4 aromatic carbocycles. The first-order valence-electron chi connectivity index (χ1n) is 17.8. The Morgan fingerprint density at radius 3 is 0.833 bits per heavy atom. The summed E-state index contributed by atoms with van der Waals surface area (Å²) in [5, 5.41) is 3.25. The summed E-state index contributed by atoms with van der Waals surface area (Å²) in [7, 11) is 0. The zero-order valence-electron chi connectivity index (χ0n) is 29.0. The van der Waals surface area contributed by atoms with Gasteiger partial charge in [0, 0.05) is 70.0 Å². The topological polar surface area (TPSA) is 77.3 Å². The standard InChI is InChI=1S/C48H30N6/c1-4-10-43-37(7-1)40(31-13-19-49-20-14-31)28-46(52-43)34-25-35(47-29-41(32-15-21-50-22-16-32)38-8-2-5-11-44(38)53-47)27-36(26-34)48-30-42(33-17-23-51-24-18-33)39-9-3-6-12-45(39)54-48/h1-30H. The van der Waals surface area contributed by atoms with Crippen molar-refractivity contribution in [2.45, 2.75) is 0 Å². The van der Waals surface area contributed by atoms with Gasteiger partial charge in [0.05, 0.1) is 33.6 Å². The molecule has 0 aliphatic heterocycles. The van der Waals surface area contributed by atoms with Gasteiger partial charge in [0.2, 0.25) is 0 Å². The van der Waals surface area contributed by atoms with Crippen molar-refractivity contribution in [3.63, 3.8) is 0 Å². The Kier molecular flexibility index (Phi) is 7.69. The lowest BCUT2D eigenvalue weighted by Gasteiger charge is -2.15. The molecule has 0 radical (unpaired) electrons. The highest BCUT2D eigenvalue weighted by molar-refractivity contribution is 6.00. The summed E-state index contributed by atoms with van der Waals surface area (Å²) >= 11 is 0. The van der Waals surface area contributed by atoms with Crippen LogP contribution in [-0.4, -0.2) is 29.9 Å². The lowest BCUT2D eigenvalue weighted by atomic mass is 9.93. The van der Waals surface area contributed by atoms with E-state index in [-0.39, 0.29) is 0 Å². The van der Waals surface area contributed by atoms with Crippen LogP contribution in [0.15, 0.2) is 183 Å². The number of para-hydroxylation sites is 3. The van der Waals surface area contributed by atoms with Gasteiger partial charge >= 0.3 is 0 Å². The molecule has 0 aliphatic carbocycles. The van der Waals surface area contributed by atoms with Gasteiger partial charge in [-0.05, 0) is 124 Å². The van der Waals surface area contributed by atoms with Gasteiger partial charge in [0.15, 0.2) is 0 Å². The second-order valence-corrected chi connectivity index (χ2v) is 13.2. The molecule has 54 heavy (non-hydrogen) atoms. The predicted octanol–water partition coefficient (Wildman–Crippen LogP) is 11.5. The lowest BCUT2D eigenvalue weighted by Crippen LogP contribution is -1.95. The van der Waals surface area contributed by atoms with Crippen LogP contribution < -0.4 is 0 Å². The molecule has 10 aromatic rings. The molecule has 6 heteroatoms. The van der Waals surface area contributed by atoms with Crippen molar-refractivity contribution in [1.29, 1.82) is 0 Å². The molecule has 0 atom stereocenters. The van der Waals surface area contributed by atoms with E-state index >= 15 is 0 Å². The van der Waals surface area contributed by atoms with E-state index < -0.39 is 0 Å². The van der Waals surface area contributed by atoms with Crippen LogP contribution in [0.2, 0.25) is 0 Å². The maximum absolute atomic E-state index is 5.26. The Labute approximate surface area is 311 Å². The molecule has 252 valence electrons. The Morgan fingerprint density at radius 1 is 0.259 bits per heavy atom. The van der Waals surface area contributed by atoms with E-state index in [1.54, 1.807) is 0 Å². The molecular formula is C48H30N6. The van der Waals surface area contributed by atoms with Crippen molar-refractivity contribution in [3.8, 4) is 67.2 Å². The highest BCUT2D eigenvalue weighted by Gasteiger charge is 2.17. The van der Waals surface area contributed by atoms with Crippen LogP contribution in [0.1, 0.15) is 0 Å². The van der Waals surface area contributed by atoms with E-state index in [0.717, 1.165) is 99.9 Å². The average Bonchev–Trinajstić information content (AvgIpc) is 3.26. The number of aromatic nitrogens is 6. The van der Waals surface area contributed by atoms with Crippen molar-refractivity contribution in [2.75, 3.05) is 0 Å². The largest absolute Gasteiger partial charge is 0.265 e. The number of benzene rings is 4. The maximum atomic E-state index is 5.26. The van der Waals surface area contributed by atoms with E-state index in [4.69, 9.17) is 15.0 Å². The molecule has 0 aliphatic rings. The predicted molar refractivity (Wildman–Crippen MR) is 218 cm³/mol. The minimum Gasteiger partial charge on any atom is -0.265 e. The Morgan fingerprint density at radius 2 is 0.537 bits per heavy atom. The van der Waals surface area contributed by atoms with Crippen LogP contribution in [0, 0.1) is 0 Å². The third-order valence-corrected chi connectivity index (χ3v) is 9.94. The molecule has 0 amide bonds. The van der Waals surface area contributed by atoms with E-state index in [2.05, 4.69) is 106 Å². The molecule has 0 saturated carbocycles. The van der Waals surface area contributed by atoms with Gasteiger partial charge in [-0.25, -0.2) is 15.0 Å². The van der Waals surface area contributed by atoms with Crippen molar-refractivity contribution in [3.05, 3.63) is 183 Å². The fourth-order valence-corrected chi connectivity index (χ4v) is 7.35. The summed E-state index contributed by atoms with van der Waals surface area (Å²) in [6.45, 7) is 0. The zero-order chi connectivity index (χ0) is 35.8. The Hall–Kier alpha value is -7.44. The molecule has 10 rings (SSSR count). The highest BCUT2D eigenvalue weighted by Crippen LogP contribution is 2.39. The lowest BCUT2D eigenvalue weighted by molar-refractivity contribution is 1.32. The van der Waals surface area contributed by atoms with Gasteiger partial charge in [0.25, 0.3) is 0 Å². The first kappa shape index (κ1) is 31.3. The quantitative estimate of drug-likeness (QED) is 0.173. The number of fused-ring (bicyclic) bond motifs is 3. The summed E-state index contributed by atoms with van der Waals surface area (Å²) < 4.78 is 0. The van der Waals surface area contributed by atoms with Gasteiger partial charge in [0.1, 0.15) is 0 Å². The molecule has 6 nitrogen and oxygen atoms in total. The number of pyridine rings is 6. The molecule has 0 bridgehead atoms. The smallest absolute Gasteiger partial charge is 0.0716 e. The fraction of sp³-hybridized carbons (Fsp3) is 0. The van der Waals surface area contributed by atoms with Crippen LogP contribution in [0.4, 0.5) is 0 Å². The van der Waals surface area contributed by atoms with Crippen LogP contribution in [0.5, 0.6) is 0 Å². The van der Waals surface area contributed by atoms with Gasteiger partial charge in [-0.1, -0.05) is 54.6 Å². The molecule has 0 saturated heterocycles. The molecule has 0 fully saturated rings. The van der Waals surface area contributed by atoms with Gasteiger partial charge in [-0.3, -0.25) is 15.0 Å². The monoisotopic (exact) mass is 690 g/mol. The molecule has 6 heterocycles. The van der Waals surface area contributed by atoms with Crippen molar-refractivity contribution in [2.24, 2.45) is 0 Å². The Bertz CT molecular complexity index is 2650. The third kappa shape index (κ3) is 5.72. The minimum absolute atomic E-state index is 0.855. The molecule has 0 N–H and O–H groups in total. The summed E-state index contributed by atoms with van der Waals surface area (Å²) in [6.07, 6.45) is 11.0. The SMILES string of the molecule is c1ccc2c(-c3ccncc3)cc(-c3cc(-c4cc(-c5ccncc5)c5ccccc5n4)cc(-c4cc(-c5ccncc5)c5ccccc5n4)c3)nc2c1. The first-order valence-corrected chi connectivity index (χ1v) is 17.8. The van der Waals surface area contributed by atoms with Crippen LogP contribution in [0.25, 0.3) is 99.9 Å². The summed E-state index contributed by atoms with van der Waals surface area (Å²) in [6, 6.07) is 50.4. The van der Waals surface area contributed by atoms with Crippen LogP contribution in [0.3, 0.4) is 0 Å². The number of hydrogen-bond donors (Lipinski definition) is 0. The van der Waals surface area contributed by atoms with Gasteiger partial charge < -0.3 is 0 Å². The van der Waals surface area contributed by atoms with E-state index in [9.17, 15) is 0 Å². The molecule has 0 unspecified atom stereocenters. The summed E-state index contributed by atoms with van der Waals surface area (Å²) in [4.78, 5) is 28.6. The van der Waals surface area contributed by atoms with Crippen LogP contribution in [-0.2, 0) is 0 Å². The van der Waals surface area contributed by atoms with Crippen LogP contribution >= 0.6 is 0 Å². The molecular weight excluding hydrogens is 661 g/mol. The molecule has 0 spiro atoms. The highest BCUT2D eigenvalue weighted by atomic mass is 14.7. The molecule has 6 aromatic heterocycles. The zero-order valence-corrected chi connectivity index (χ0v) is 29.0. The van der Waals surface area contributed by atoms with Crippen molar-refractivity contribution in [1.82, 2.24) is 29.9 Å².